The minimum atomic E-state index is -0.494. The first-order valence-electron chi connectivity index (χ1n) is 7.00. The first-order chi connectivity index (χ1) is 10.6. The van der Waals surface area contributed by atoms with Crippen molar-refractivity contribution in [2.75, 3.05) is 0 Å². The van der Waals surface area contributed by atoms with Crippen LogP contribution in [-0.2, 0) is 4.79 Å². The highest BCUT2D eigenvalue weighted by Crippen LogP contribution is 2.33. The van der Waals surface area contributed by atoms with Crippen LogP contribution in [0, 0.1) is 0 Å². The van der Waals surface area contributed by atoms with Gasteiger partial charge in [-0.15, -0.1) is 11.3 Å². The van der Waals surface area contributed by atoms with Gasteiger partial charge in [0.25, 0.3) is 0 Å². The molecule has 1 aromatic heterocycles. The number of carbonyl (C=O) groups excluding carboxylic acids is 2. The Hall–Kier alpha value is -1.31. The Morgan fingerprint density at radius 1 is 1.35 bits per heavy atom. The molecule has 5 nitrogen and oxygen atoms in total. The van der Waals surface area contributed by atoms with Crippen LogP contribution in [0.5, 0.6) is 0 Å². The fourth-order valence-corrected chi connectivity index (χ4v) is 4.08. The molecule has 8 heteroatoms. The summed E-state index contributed by atoms with van der Waals surface area (Å²) in [6.45, 7) is 7.29. The Morgan fingerprint density at radius 2 is 2.04 bits per heavy atom. The molecule has 124 valence electrons. The van der Waals surface area contributed by atoms with Gasteiger partial charge in [-0.3, -0.25) is 10.1 Å². The lowest BCUT2D eigenvalue weighted by Crippen LogP contribution is -2.49. The van der Waals surface area contributed by atoms with E-state index in [1.807, 2.05) is 32.9 Å². The second kappa shape index (κ2) is 7.07. The number of rotatable bonds is 3. The number of thiazole rings is 1. The standard InChI is InChI=1S/C15H18ClN3O2S2/c1-8(12(20)18-13(21)19-15(2,3)4)22-14-17-10-7-9(16)5-6-11(10)23-14/h5-8H,1-4H3,(H2,18,19,20,21). The van der Waals surface area contributed by atoms with Crippen LogP contribution in [0.1, 0.15) is 27.7 Å². The lowest BCUT2D eigenvalue weighted by molar-refractivity contribution is -0.119. The first-order valence-corrected chi connectivity index (χ1v) is 9.07. The normalized spacial score (nSPS) is 12.9. The molecule has 0 aliphatic heterocycles. The number of hydrogen-bond donors (Lipinski definition) is 2. The number of fused-ring (bicyclic) bond motifs is 1. The minimum Gasteiger partial charge on any atom is -0.333 e. The second-order valence-corrected chi connectivity index (χ2v) is 9.10. The van der Waals surface area contributed by atoms with Crippen LogP contribution in [0.4, 0.5) is 4.79 Å². The fourth-order valence-electron chi connectivity index (χ4n) is 1.72. The summed E-state index contributed by atoms with van der Waals surface area (Å²) in [6.07, 6.45) is 0. The van der Waals surface area contributed by atoms with E-state index >= 15 is 0 Å². The molecule has 23 heavy (non-hydrogen) atoms. The monoisotopic (exact) mass is 371 g/mol. The number of thioether (sulfide) groups is 1. The smallest absolute Gasteiger partial charge is 0.321 e. The van der Waals surface area contributed by atoms with Crippen molar-refractivity contribution >= 4 is 56.9 Å². The number of hydrogen-bond acceptors (Lipinski definition) is 5. The summed E-state index contributed by atoms with van der Waals surface area (Å²) >= 11 is 8.75. The van der Waals surface area contributed by atoms with E-state index in [1.54, 1.807) is 13.0 Å². The maximum atomic E-state index is 12.1. The fraction of sp³-hybridized carbons (Fsp3) is 0.400. The third kappa shape index (κ3) is 5.37. The summed E-state index contributed by atoms with van der Waals surface area (Å²) in [5, 5.41) is 5.23. The van der Waals surface area contributed by atoms with Gasteiger partial charge in [-0.1, -0.05) is 23.4 Å². The molecule has 0 radical (unpaired) electrons. The lowest BCUT2D eigenvalue weighted by atomic mass is 10.1. The molecule has 0 aliphatic carbocycles. The number of amides is 3. The van der Waals surface area contributed by atoms with Gasteiger partial charge in [0, 0.05) is 10.6 Å². The van der Waals surface area contributed by atoms with Crippen LogP contribution >= 0.6 is 34.7 Å². The zero-order chi connectivity index (χ0) is 17.2. The summed E-state index contributed by atoms with van der Waals surface area (Å²) in [5.41, 5.74) is 0.413. The summed E-state index contributed by atoms with van der Waals surface area (Å²) in [6, 6.07) is 5.01. The van der Waals surface area contributed by atoms with Crippen molar-refractivity contribution in [1.82, 2.24) is 15.6 Å². The number of carbonyl (C=O) groups is 2. The van der Waals surface area contributed by atoms with Crippen LogP contribution in [0.2, 0.25) is 5.02 Å². The second-order valence-electron chi connectivity index (χ2n) is 6.05. The largest absolute Gasteiger partial charge is 0.333 e. The molecule has 1 heterocycles. The van der Waals surface area contributed by atoms with Crippen molar-refractivity contribution in [2.45, 2.75) is 42.8 Å². The molecule has 1 atom stereocenters. The average Bonchev–Trinajstić information content (AvgIpc) is 2.77. The zero-order valence-corrected chi connectivity index (χ0v) is 15.7. The predicted molar refractivity (Wildman–Crippen MR) is 96.4 cm³/mol. The number of halogens is 1. The van der Waals surface area contributed by atoms with Crippen molar-refractivity contribution in [1.29, 1.82) is 0 Å². The number of benzene rings is 1. The first kappa shape index (κ1) is 18.0. The Kier molecular flexibility index (Phi) is 5.54. The Balaban J connectivity index is 1.98. The van der Waals surface area contributed by atoms with E-state index in [2.05, 4.69) is 15.6 Å². The number of nitrogens with zero attached hydrogens (tertiary/aromatic N) is 1. The van der Waals surface area contributed by atoms with Gasteiger partial charge in [-0.05, 0) is 45.9 Å². The number of urea groups is 1. The van der Waals surface area contributed by atoms with Gasteiger partial charge in [-0.2, -0.15) is 0 Å². The van der Waals surface area contributed by atoms with E-state index in [1.165, 1.54) is 23.1 Å². The van der Waals surface area contributed by atoms with Crippen molar-refractivity contribution in [3.8, 4) is 0 Å². The van der Waals surface area contributed by atoms with Gasteiger partial charge in [0.2, 0.25) is 5.91 Å². The van der Waals surface area contributed by atoms with E-state index in [0.29, 0.717) is 5.02 Å². The maximum Gasteiger partial charge on any atom is 0.321 e. The van der Waals surface area contributed by atoms with Crippen molar-refractivity contribution in [3.63, 3.8) is 0 Å². The molecular weight excluding hydrogens is 354 g/mol. The topological polar surface area (TPSA) is 71.1 Å². The highest BCUT2D eigenvalue weighted by atomic mass is 35.5. The third-order valence-electron chi connectivity index (χ3n) is 2.70. The molecular formula is C15H18ClN3O2S2. The molecule has 1 aromatic carbocycles. The Labute approximate surface area is 148 Å². The van der Waals surface area contributed by atoms with Gasteiger partial charge in [0.05, 0.1) is 15.5 Å². The van der Waals surface area contributed by atoms with E-state index in [9.17, 15) is 9.59 Å². The maximum absolute atomic E-state index is 12.1. The van der Waals surface area contributed by atoms with Gasteiger partial charge >= 0.3 is 6.03 Å². The Bertz CT molecular complexity index is 740. The van der Waals surface area contributed by atoms with Gasteiger partial charge in [-0.25, -0.2) is 9.78 Å². The molecule has 0 fully saturated rings. The van der Waals surface area contributed by atoms with E-state index in [4.69, 9.17) is 11.6 Å². The summed E-state index contributed by atoms with van der Waals surface area (Å²) in [4.78, 5) is 28.3. The molecule has 1 unspecified atom stereocenters. The molecule has 3 amide bonds. The van der Waals surface area contributed by atoms with Crippen LogP contribution < -0.4 is 10.6 Å². The van der Waals surface area contributed by atoms with Gasteiger partial charge in [0.1, 0.15) is 0 Å². The van der Waals surface area contributed by atoms with Crippen molar-refractivity contribution in [3.05, 3.63) is 23.2 Å². The highest BCUT2D eigenvalue weighted by molar-refractivity contribution is 8.02. The molecule has 0 aliphatic rings. The highest BCUT2D eigenvalue weighted by Gasteiger charge is 2.21. The number of nitrogens with one attached hydrogen (secondary N) is 2. The molecule has 2 rings (SSSR count). The van der Waals surface area contributed by atoms with Crippen LogP contribution in [0.3, 0.4) is 0 Å². The minimum absolute atomic E-state index is 0.353. The lowest BCUT2D eigenvalue weighted by Gasteiger charge is -2.21. The predicted octanol–water partition coefficient (Wildman–Crippen LogP) is 4.05. The number of aromatic nitrogens is 1. The summed E-state index contributed by atoms with van der Waals surface area (Å²) in [7, 11) is 0. The third-order valence-corrected chi connectivity index (χ3v) is 5.17. The van der Waals surface area contributed by atoms with Gasteiger partial charge < -0.3 is 5.32 Å². The quantitative estimate of drug-likeness (QED) is 0.798. The molecule has 0 saturated carbocycles. The van der Waals surface area contributed by atoms with E-state index in [0.717, 1.165) is 14.6 Å². The summed E-state index contributed by atoms with van der Waals surface area (Å²) in [5.74, 6) is -0.353. The van der Waals surface area contributed by atoms with Crippen LogP contribution in [0.25, 0.3) is 10.2 Å². The molecule has 2 aromatic rings. The van der Waals surface area contributed by atoms with Gasteiger partial charge in [0.15, 0.2) is 4.34 Å². The Morgan fingerprint density at radius 3 is 2.70 bits per heavy atom. The van der Waals surface area contributed by atoms with Crippen molar-refractivity contribution < 1.29 is 9.59 Å². The van der Waals surface area contributed by atoms with Crippen LogP contribution in [-0.4, -0.2) is 27.7 Å². The molecule has 0 spiro atoms. The summed E-state index contributed by atoms with van der Waals surface area (Å²) < 4.78 is 1.77. The average molecular weight is 372 g/mol. The van der Waals surface area contributed by atoms with Crippen LogP contribution in [0.15, 0.2) is 22.5 Å². The van der Waals surface area contributed by atoms with Crippen molar-refractivity contribution in [2.24, 2.45) is 0 Å². The molecule has 0 bridgehead atoms. The molecule has 0 saturated heterocycles. The molecule has 2 N–H and O–H groups in total. The van der Waals surface area contributed by atoms with E-state index in [-0.39, 0.29) is 5.91 Å². The zero-order valence-electron chi connectivity index (χ0n) is 13.3. The number of imide groups is 1. The SMILES string of the molecule is CC(Sc1nc2cc(Cl)ccc2s1)C(=O)NC(=O)NC(C)(C)C. The van der Waals surface area contributed by atoms with E-state index < -0.39 is 16.8 Å².